The molecule has 7 aromatic rings. The maximum atomic E-state index is 2.38. The second kappa shape index (κ2) is 8.52. The number of hydrogen-bond donors (Lipinski definition) is 0. The van der Waals surface area contributed by atoms with Gasteiger partial charge in [-0.3, -0.25) is 0 Å². The van der Waals surface area contributed by atoms with Gasteiger partial charge in [-0.05, 0) is 77.8 Å². The summed E-state index contributed by atoms with van der Waals surface area (Å²) in [6.45, 7) is 0. The standard InChI is InChI=1S/C36H24/c1-2-12-28-23-29(20-19-25(28)9-1)30-21-22-35(33-17-7-13-26-10-3-5-15-31(26)33)36(24-30)34-18-8-14-27-11-4-6-16-32(27)34/h1-24H. The van der Waals surface area contributed by atoms with Crippen LogP contribution in [0.15, 0.2) is 146 Å². The molecule has 0 radical (unpaired) electrons. The van der Waals surface area contributed by atoms with E-state index in [1.54, 1.807) is 0 Å². The Labute approximate surface area is 211 Å². The van der Waals surface area contributed by atoms with Crippen molar-refractivity contribution < 1.29 is 0 Å². The van der Waals surface area contributed by atoms with Crippen LogP contribution in [0.1, 0.15) is 0 Å². The van der Waals surface area contributed by atoms with Gasteiger partial charge in [-0.25, -0.2) is 0 Å². The molecule has 0 heteroatoms. The van der Waals surface area contributed by atoms with Crippen molar-refractivity contribution in [2.24, 2.45) is 0 Å². The fourth-order valence-corrected chi connectivity index (χ4v) is 5.47. The largest absolute Gasteiger partial charge is 0.0616 e. The summed E-state index contributed by atoms with van der Waals surface area (Å²) in [5.74, 6) is 0. The smallest absolute Gasteiger partial charge is 0.00928 e. The Bertz CT molecular complexity index is 1880. The lowest BCUT2D eigenvalue weighted by molar-refractivity contribution is 1.60. The molecule has 0 atom stereocenters. The predicted molar refractivity (Wildman–Crippen MR) is 155 cm³/mol. The summed E-state index contributed by atoms with van der Waals surface area (Å²) in [6.07, 6.45) is 0. The molecule has 0 saturated carbocycles. The minimum atomic E-state index is 1.23. The summed E-state index contributed by atoms with van der Waals surface area (Å²) in [5, 5.41) is 7.60. The van der Waals surface area contributed by atoms with E-state index in [0.717, 1.165) is 0 Å². The second-order valence-electron chi connectivity index (χ2n) is 9.38. The van der Waals surface area contributed by atoms with E-state index in [-0.39, 0.29) is 0 Å². The van der Waals surface area contributed by atoms with Crippen molar-refractivity contribution in [1.82, 2.24) is 0 Å². The first kappa shape index (κ1) is 20.7. The molecule has 168 valence electrons. The molecule has 0 aliphatic carbocycles. The van der Waals surface area contributed by atoms with Gasteiger partial charge in [0.1, 0.15) is 0 Å². The molecule has 0 spiro atoms. The third-order valence-corrected chi connectivity index (χ3v) is 7.26. The van der Waals surface area contributed by atoms with Crippen LogP contribution in [0, 0.1) is 0 Å². The average Bonchev–Trinajstić information content (AvgIpc) is 2.96. The SMILES string of the molecule is c1ccc2cc(-c3ccc(-c4cccc5ccccc45)c(-c4cccc5ccccc45)c3)ccc2c1. The third-order valence-electron chi connectivity index (χ3n) is 7.26. The van der Waals surface area contributed by atoms with Gasteiger partial charge in [0, 0.05) is 0 Å². The van der Waals surface area contributed by atoms with Crippen LogP contribution >= 0.6 is 0 Å². The molecule has 0 aromatic heterocycles. The van der Waals surface area contributed by atoms with Crippen molar-refractivity contribution in [3.63, 3.8) is 0 Å². The Morgan fingerprint density at radius 2 is 0.750 bits per heavy atom. The highest BCUT2D eigenvalue weighted by Crippen LogP contribution is 2.41. The molecule has 0 aliphatic rings. The molecule has 0 unspecified atom stereocenters. The number of hydrogen-bond acceptors (Lipinski definition) is 0. The fraction of sp³-hybridized carbons (Fsp3) is 0. The molecule has 0 amide bonds. The van der Waals surface area contributed by atoms with Gasteiger partial charge in [-0.2, -0.15) is 0 Å². The molecule has 0 bridgehead atoms. The molecule has 7 rings (SSSR count). The highest BCUT2D eigenvalue weighted by atomic mass is 14.2. The van der Waals surface area contributed by atoms with Gasteiger partial charge < -0.3 is 0 Å². The van der Waals surface area contributed by atoms with Crippen molar-refractivity contribution >= 4 is 32.3 Å². The van der Waals surface area contributed by atoms with Crippen LogP contribution in [-0.4, -0.2) is 0 Å². The zero-order chi connectivity index (χ0) is 23.9. The second-order valence-corrected chi connectivity index (χ2v) is 9.38. The van der Waals surface area contributed by atoms with Crippen LogP contribution in [0.4, 0.5) is 0 Å². The van der Waals surface area contributed by atoms with Crippen LogP contribution in [0.2, 0.25) is 0 Å². The molecule has 0 fully saturated rings. The maximum Gasteiger partial charge on any atom is -0.00928 e. The first-order valence-corrected chi connectivity index (χ1v) is 12.4. The maximum absolute atomic E-state index is 2.38. The van der Waals surface area contributed by atoms with Gasteiger partial charge in [0.2, 0.25) is 0 Å². The van der Waals surface area contributed by atoms with E-state index in [1.807, 2.05) is 0 Å². The van der Waals surface area contributed by atoms with Gasteiger partial charge in [-0.1, -0.05) is 133 Å². The Kier molecular flexibility index (Phi) is 4.89. The van der Waals surface area contributed by atoms with Gasteiger partial charge in [-0.15, -0.1) is 0 Å². The summed E-state index contributed by atoms with van der Waals surface area (Å²) in [4.78, 5) is 0. The molecule has 0 saturated heterocycles. The lowest BCUT2D eigenvalue weighted by Gasteiger charge is -2.17. The summed E-state index contributed by atoms with van der Waals surface area (Å²) in [7, 11) is 0. The highest BCUT2D eigenvalue weighted by molar-refractivity contribution is 6.06. The van der Waals surface area contributed by atoms with E-state index in [9.17, 15) is 0 Å². The molecule has 0 aliphatic heterocycles. The molecular formula is C36H24. The summed E-state index contributed by atoms with van der Waals surface area (Å²) in [6, 6.07) is 52.9. The van der Waals surface area contributed by atoms with Crippen LogP contribution < -0.4 is 0 Å². The molecular weight excluding hydrogens is 432 g/mol. The number of benzene rings is 7. The van der Waals surface area contributed by atoms with Gasteiger partial charge in [0.15, 0.2) is 0 Å². The van der Waals surface area contributed by atoms with E-state index in [2.05, 4.69) is 146 Å². The van der Waals surface area contributed by atoms with Crippen molar-refractivity contribution in [3.05, 3.63) is 146 Å². The summed E-state index contributed by atoms with van der Waals surface area (Å²) >= 11 is 0. The lowest BCUT2D eigenvalue weighted by atomic mass is 9.87. The van der Waals surface area contributed by atoms with Gasteiger partial charge in [0.05, 0.1) is 0 Å². The van der Waals surface area contributed by atoms with Gasteiger partial charge >= 0.3 is 0 Å². The molecule has 7 aromatic carbocycles. The van der Waals surface area contributed by atoms with E-state index >= 15 is 0 Å². The van der Waals surface area contributed by atoms with E-state index in [4.69, 9.17) is 0 Å². The quantitative estimate of drug-likeness (QED) is 0.248. The van der Waals surface area contributed by atoms with Crippen LogP contribution in [0.3, 0.4) is 0 Å². The predicted octanol–water partition coefficient (Wildman–Crippen LogP) is 10.1. The average molecular weight is 457 g/mol. The molecule has 0 N–H and O–H groups in total. The molecule has 36 heavy (non-hydrogen) atoms. The molecule has 0 heterocycles. The van der Waals surface area contributed by atoms with E-state index < -0.39 is 0 Å². The third kappa shape index (κ3) is 3.47. The summed E-state index contributed by atoms with van der Waals surface area (Å²) in [5.41, 5.74) is 7.51. The van der Waals surface area contributed by atoms with Crippen molar-refractivity contribution in [1.29, 1.82) is 0 Å². The number of rotatable bonds is 3. The van der Waals surface area contributed by atoms with Crippen molar-refractivity contribution in [3.8, 4) is 33.4 Å². The van der Waals surface area contributed by atoms with Crippen molar-refractivity contribution in [2.75, 3.05) is 0 Å². The highest BCUT2D eigenvalue weighted by Gasteiger charge is 2.14. The topological polar surface area (TPSA) is 0 Å². The van der Waals surface area contributed by atoms with Crippen LogP contribution in [0.5, 0.6) is 0 Å². The Hall–Kier alpha value is -4.68. The normalized spacial score (nSPS) is 11.3. The monoisotopic (exact) mass is 456 g/mol. The zero-order valence-corrected chi connectivity index (χ0v) is 19.9. The first-order valence-electron chi connectivity index (χ1n) is 12.4. The Balaban J connectivity index is 1.52. The lowest BCUT2D eigenvalue weighted by Crippen LogP contribution is -1.90. The Morgan fingerprint density at radius 1 is 0.250 bits per heavy atom. The van der Waals surface area contributed by atoms with E-state index in [0.29, 0.717) is 0 Å². The van der Waals surface area contributed by atoms with Crippen LogP contribution in [-0.2, 0) is 0 Å². The van der Waals surface area contributed by atoms with Crippen molar-refractivity contribution in [2.45, 2.75) is 0 Å². The van der Waals surface area contributed by atoms with E-state index in [1.165, 1.54) is 65.7 Å². The summed E-state index contributed by atoms with van der Waals surface area (Å²) < 4.78 is 0. The fourth-order valence-electron chi connectivity index (χ4n) is 5.47. The Morgan fingerprint density at radius 3 is 1.44 bits per heavy atom. The van der Waals surface area contributed by atoms with Gasteiger partial charge in [0.25, 0.3) is 0 Å². The first-order chi connectivity index (χ1) is 17.8. The zero-order valence-electron chi connectivity index (χ0n) is 19.9. The molecule has 0 nitrogen and oxygen atoms in total. The van der Waals surface area contributed by atoms with Crippen LogP contribution in [0.25, 0.3) is 65.7 Å². The number of fused-ring (bicyclic) bond motifs is 3. The minimum Gasteiger partial charge on any atom is -0.0616 e. The minimum absolute atomic E-state index is 1.23.